The lowest BCUT2D eigenvalue weighted by molar-refractivity contribution is 0.0540. The smallest absolute Gasteiger partial charge is 0.317 e. The Bertz CT molecular complexity index is 472. The molecule has 128 valence electrons. The molecule has 1 N–H and O–H groups in total. The number of urea groups is 1. The second-order valence-electron chi connectivity index (χ2n) is 6.51. The first-order valence-electron chi connectivity index (χ1n) is 8.37. The van der Waals surface area contributed by atoms with Gasteiger partial charge < -0.3 is 19.9 Å². The van der Waals surface area contributed by atoms with Gasteiger partial charge >= 0.3 is 6.03 Å². The molecule has 0 spiro atoms. The maximum Gasteiger partial charge on any atom is 0.317 e. The average Bonchev–Trinajstić information content (AvgIpc) is 2.58. The first kappa shape index (κ1) is 17.8. The van der Waals surface area contributed by atoms with Crippen molar-refractivity contribution in [3.05, 3.63) is 35.9 Å². The van der Waals surface area contributed by atoms with Crippen LogP contribution in [0.25, 0.3) is 0 Å². The van der Waals surface area contributed by atoms with Crippen molar-refractivity contribution < 1.29 is 9.53 Å². The molecular weight excluding hydrogens is 290 g/mol. The minimum absolute atomic E-state index is 0.00723. The van der Waals surface area contributed by atoms with Gasteiger partial charge in [-0.15, -0.1) is 0 Å². The molecule has 0 saturated carbocycles. The summed E-state index contributed by atoms with van der Waals surface area (Å²) in [6, 6.07) is 10.3. The zero-order chi connectivity index (χ0) is 16.7. The minimum atomic E-state index is -0.00723. The van der Waals surface area contributed by atoms with E-state index >= 15 is 0 Å². The molecule has 0 unspecified atom stereocenters. The molecule has 5 nitrogen and oxygen atoms in total. The molecule has 1 heterocycles. The van der Waals surface area contributed by atoms with Crippen molar-refractivity contribution in [3.8, 4) is 0 Å². The van der Waals surface area contributed by atoms with Crippen molar-refractivity contribution >= 4 is 6.03 Å². The van der Waals surface area contributed by atoms with Crippen LogP contribution in [-0.2, 0) is 4.74 Å². The SMILES string of the molecule is CN(C)CCN(C)C(=O)N[C@@H](c1ccccc1)C1CCOCC1. The van der Waals surface area contributed by atoms with Crippen LogP contribution in [-0.4, -0.2) is 63.3 Å². The lowest BCUT2D eigenvalue weighted by atomic mass is 9.87. The van der Waals surface area contributed by atoms with E-state index in [1.54, 1.807) is 4.90 Å². The van der Waals surface area contributed by atoms with Crippen LogP contribution in [0.1, 0.15) is 24.4 Å². The fourth-order valence-electron chi connectivity index (χ4n) is 2.88. The Hall–Kier alpha value is -1.59. The van der Waals surface area contributed by atoms with E-state index in [2.05, 4.69) is 22.3 Å². The topological polar surface area (TPSA) is 44.8 Å². The van der Waals surface area contributed by atoms with E-state index in [9.17, 15) is 4.79 Å². The molecule has 1 aliphatic rings. The maximum absolute atomic E-state index is 12.5. The van der Waals surface area contributed by atoms with Gasteiger partial charge in [-0.25, -0.2) is 4.79 Å². The standard InChI is InChI=1S/C18H29N3O2/c1-20(2)11-12-21(3)18(22)19-17(15-7-5-4-6-8-15)16-9-13-23-14-10-16/h4-8,16-17H,9-14H2,1-3H3,(H,19,22)/t17-/m0/s1. The van der Waals surface area contributed by atoms with E-state index in [-0.39, 0.29) is 12.1 Å². The van der Waals surface area contributed by atoms with E-state index in [0.717, 1.165) is 32.6 Å². The zero-order valence-electron chi connectivity index (χ0n) is 14.5. The van der Waals surface area contributed by atoms with Crippen LogP contribution in [0.2, 0.25) is 0 Å². The van der Waals surface area contributed by atoms with Crippen molar-refractivity contribution in [1.29, 1.82) is 0 Å². The molecule has 0 bridgehead atoms. The van der Waals surface area contributed by atoms with Crippen LogP contribution >= 0.6 is 0 Å². The summed E-state index contributed by atoms with van der Waals surface area (Å²) in [6.07, 6.45) is 1.97. The molecule has 0 aliphatic carbocycles. The van der Waals surface area contributed by atoms with E-state index in [1.807, 2.05) is 39.3 Å². The second kappa shape index (κ2) is 8.89. The first-order valence-corrected chi connectivity index (χ1v) is 8.37. The van der Waals surface area contributed by atoms with Gasteiger partial charge in [0.05, 0.1) is 6.04 Å². The molecular formula is C18H29N3O2. The largest absolute Gasteiger partial charge is 0.381 e. The van der Waals surface area contributed by atoms with Crippen LogP contribution in [0.4, 0.5) is 4.79 Å². The lowest BCUT2D eigenvalue weighted by Crippen LogP contribution is -2.44. The number of amides is 2. The fourth-order valence-corrected chi connectivity index (χ4v) is 2.88. The van der Waals surface area contributed by atoms with E-state index in [4.69, 9.17) is 4.74 Å². The van der Waals surface area contributed by atoms with Gasteiger partial charge in [-0.1, -0.05) is 30.3 Å². The molecule has 5 heteroatoms. The van der Waals surface area contributed by atoms with Crippen molar-refractivity contribution in [2.24, 2.45) is 5.92 Å². The van der Waals surface area contributed by atoms with E-state index in [1.165, 1.54) is 5.56 Å². The number of rotatable bonds is 6. The molecule has 0 radical (unpaired) electrons. The highest BCUT2D eigenvalue weighted by Crippen LogP contribution is 2.30. The number of nitrogens with one attached hydrogen (secondary N) is 1. The third-order valence-corrected chi connectivity index (χ3v) is 4.40. The van der Waals surface area contributed by atoms with Gasteiger partial charge in [0, 0.05) is 33.4 Å². The molecule has 1 aromatic carbocycles. The predicted molar refractivity (Wildman–Crippen MR) is 92.4 cm³/mol. The quantitative estimate of drug-likeness (QED) is 0.875. The summed E-state index contributed by atoms with van der Waals surface area (Å²) in [5.41, 5.74) is 1.17. The summed E-state index contributed by atoms with van der Waals surface area (Å²) >= 11 is 0. The molecule has 1 aliphatic heterocycles. The molecule has 1 aromatic rings. The molecule has 23 heavy (non-hydrogen) atoms. The van der Waals surface area contributed by atoms with Crippen LogP contribution in [0.15, 0.2) is 30.3 Å². The minimum Gasteiger partial charge on any atom is -0.381 e. The maximum atomic E-state index is 12.5. The summed E-state index contributed by atoms with van der Waals surface area (Å²) in [5, 5.41) is 3.24. The van der Waals surface area contributed by atoms with Crippen LogP contribution in [0.5, 0.6) is 0 Å². The Morgan fingerprint density at radius 3 is 2.43 bits per heavy atom. The number of ether oxygens (including phenoxy) is 1. The third kappa shape index (κ3) is 5.52. The highest BCUT2D eigenvalue weighted by Gasteiger charge is 2.27. The monoisotopic (exact) mass is 319 g/mol. The van der Waals surface area contributed by atoms with Crippen molar-refractivity contribution in [2.45, 2.75) is 18.9 Å². The van der Waals surface area contributed by atoms with Crippen molar-refractivity contribution in [3.63, 3.8) is 0 Å². The number of likely N-dealkylation sites (N-methyl/N-ethyl adjacent to an activating group) is 2. The summed E-state index contributed by atoms with van der Waals surface area (Å²) < 4.78 is 5.47. The Labute approximate surface area is 139 Å². The number of benzene rings is 1. The Morgan fingerprint density at radius 2 is 1.83 bits per heavy atom. The van der Waals surface area contributed by atoms with Gasteiger partial charge in [-0.05, 0) is 38.4 Å². The molecule has 1 fully saturated rings. The van der Waals surface area contributed by atoms with Crippen LogP contribution in [0.3, 0.4) is 0 Å². The molecule has 0 aromatic heterocycles. The average molecular weight is 319 g/mol. The predicted octanol–water partition coefficient (Wildman–Crippen LogP) is 2.36. The van der Waals surface area contributed by atoms with Gasteiger partial charge in [0.25, 0.3) is 0 Å². The van der Waals surface area contributed by atoms with Gasteiger partial charge in [-0.2, -0.15) is 0 Å². The molecule has 2 rings (SSSR count). The lowest BCUT2D eigenvalue weighted by Gasteiger charge is -2.33. The van der Waals surface area contributed by atoms with Crippen molar-refractivity contribution in [2.75, 3.05) is 47.4 Å². The van der Waals surface area contributed by atoms with Gasteiger partial charge in [0.15, 0.2) is 0 Å². The zero-order valence-corrected chi connectivity index (χ0v) is 14.5. The third-order valence-electron chi connectivity index (χ3n) is 4.40. The number of hydrogen-bond donors (Lipinski definition) is 1. The number of nitrogens with zero attached hydrogens (tertiary/aromatic N) is 2. The van der Waals surface area contributed by atoms with Gasteiger partial charge in [0.1, 0.15) is 0 Å². The van der Waals surface area contributed by atoms with Gasteiger partial charge in [-0.3, -0.25) is 0 Å². The molecule has 1 saturated heterocycles. The van der Waals surface area contributed by atoms with Crippen LogP contribution < -0.4 is 5.32 Å². The number of carbonyl (C=O) groups is 1. The van der Waals surface area contributed by atoms with E-state index in [0.29, 0.717) is 12.5 Å². The highest BCUT2D eigenvalue weighted by atomic mass is 16.5. The number of carbonyl (C=O) groups excluding carboxylic acids is 1. The number of hydrogen-bond acceptors (Lipinski definition) is 3. The Morgan fingerprint density at radius 1 is 1.17 bits per heavy atom. The van der Waals surface area contributed by atoms with Crippen molar-refractivity contribution in [1.82, 2.24) is 15.1 Å². The van der Waals surface area contributed by atoms with Gasteiger partial charge in [0.2, 0.25) is 0 Å². The normalized spacial score (nSPS) is 17.0. The summed E-state index contributed by atoms with van der Waals surface area (Å²) in [6.45, 7) is 3.13. The first-order chi connectivity index (χ1) is 11.1. The Balaban J connectivity index is 2.03. The highest BCUT2D eigenvalue weighted by molar-refractivity contribution is 5.74. The second-order valence-corrected chi connectivity index (χ2v) is 6.51. The Kier molecular flexibility index (Phi) is 6.86. The fraction of sp³-hybridized carbons (Fsp3) is 0.611. The summed E-state index contributed by atoms with van der Waals surface area (Å²) in [7, 11) is 5.88. The molecule has 2 amide bonds. The van der Waals surface area contributed by atoms with E-state index < -0.39 is 0 Å². The summed E-state index contributed by atoms with van der Waals surface area (Å²) in [5.74, 6) is 0.428. The molecule has 1 atom stereocenters. The van der Waals surface area contributed by atoms with Crippen LogP contribution in [0, 0.1) is 5.92 Å². The summed E-state index contributed by atoms with van der Waals surface area (Å²) in [4.78, 5) is 16.4.